The zero-order chi connectivity index (χ0) is 18.1. The molecule has 2 aromatic heterocycles. The summed E-state index contributed by atoms with van der Waals surface area (Å²) >= 11 is 5.72. The van der Waals surface area contributed by atoms with E-state index in [1.165, 1.54) is 4.57 Å². The molecule has 0 saturated heterocycles. The smallest absolute Gasteiger partial charge is 0.287 e. The molecule has 4 aromatic rings. The van der Waals surface area contributed by atoms with Gasteiger partial charge in [0.25, 0.3) is 5.56 Å². The highest BCUT2D eigenvalue weighted by Crippen LogP contribution is 2.19. The molecule has 26 heavy (non-hydrogen) atoms. The van der Waals surface area contributed by atoms with E-state index in [-0.39, 0.29) is 12.3 Å². The van der Waals surface area contributed by atoms with Crippen LogP contribution in [0.3, 0.4) is 0 Å². The van der Waals surface area contributed by atoms with Gasteiger partial charge in [-0.1, -0.05) is 36.4 Å². The van der Waals surface area contributed by atoms with Gasteiger partial charge in [-0.2, -0.15) is 0 Å². The van der Waals surface area contributed by atoms with Crippen molar-refractivity contribution < 1.29 is 4.74 Å². The number of para-hydroxylation sites is 2. The fraction of sp³-hybridized carbons (Fsp3) is 0.105. The van der Waals surface area contributed by atoms with E-state index in [0.717, 1.165) is 5.69 Å². The third kappa shape index (κ3) is 2.58. The van der Waals surface area contributed by atoms with Crippen LogP contribution in [0.25, 0.3) is 22.5 Å². The van der Waals surface area contributed by atoms with Crippen LogP contribution in [0, 0.1) is 4.77 Å². The molecule has 0 atom stereocenters. The topological polar surface area (TPSA) is 54.0 Å². The molecule has 0 N–H and O–H groups in total. The number of aromatic nitrogens is 4. The molecule has 0 aliphatic heterocycles. The second-order valence-electron chi connectivity index (χ2n) is 5.73. The van der Waals surface area contributed by atoms with Crippen LogP contribution >= 0.6 is 12.2 Å². The molecule has 0 unspecified atom stereocenters. The molecule has 4 rings (SSSR count). The minimum atomic E-state index is -0.252. The molecular formula is C19H16N4O2S. The summed E-state index contributed by atoms with van der Waals surface area (Å²) in [7, 11) is 1.60. The van der Waals surface area contributed by atoms with Crippen LogP contribution in [0.4, 0.5) is 0 Å². The Bertz CT molecular complexity index is 1180. The standard InChI is InChI=1S/C19H16N4O2S/c1-25-13-21-12-20-16-17(21)22(14-8-4-2-5-9-14)19(26)23(18(16)24)15-10-6-3-7-11-15/h2-12H,13H2,1H3. The normalized spacial score (nSPS) is 11.1. The summed E-state index contributed by atoms with van der Waals surface area (Å²) < 4.78 is 10.8. The van der Waals surface area contributed by atoms with Crippen molar-refractivity contribution in [3.8, 4) is 11.4 Å². The lowest BCUT2D eigenvalue weighted by Gasteiger charge is -2.15. The summed E-state index contributed by atoms with van der Waals surface area (Å²) in [5.74, 6) is 0. The maximum Gasteiger partial charge on any atom is 0.287 e. The van der Waals surface area contributed by atoms with Crippen LogP contribution in [0.15, 0.2) is 71.8 Å². The number of rotatable bonds is 4. The number of fused-ring (bicyclic) bond motifs is 1. The average Bonchev–Trinajstić information content (AvgIpc) is 3.08. The first-order valence-corrected chi connectivity index (χ1v) is 8.46. The molecule has 2 heterocycles. The number of imidazole rings is 1. The van der Waals surface area contributed by atoms with Gasteiger partial charge in [0.2, 0.25) is 0 Å². The van der Waals surface area contributed by atoms with E-state index >= 15 is 0 Å². The molecule has 2 aromatic carbocycles. The largest absolute Gasteiger partial charge is 0.364 e. The maximum atomic E-state index is 13.1. The quantitative estimate of drug-likeness (QED) is 0.521. The monoisotopic (exact) mass is 364 g/mol. The van der Waals surface area contributed by atoms with Crippen molar-refractivity contribution in [3.63, 3.8) is 0 Å². The van der Waals surface area contributed by atoms with Crippen LogP contribution < -0.4 is 5.56 Å². The van der Waals surface area contributed by atoms with E-state index in [9.17, 15) is 4.79 Å². The highest BCUT2D eigenvalue weighted by Gasteiger charge is 2.18. The van der Waals surface area contributed by atoms with Crippen molar-refractivity contribution in [2.24, 2.45) is 0 Å². The molecule has 7 heteroatoms. The maximum absolute atomic E-state index is 13.1. The van der Waals surface area contributed by atoms with Gasteiger partial charge in [-0.25, -0.2) is 4.98 Å². The summed E-state index contributed by atoms with van der Waals surface area (Å²) in [4.78, 5) is 17.4. The Hall–Kier alpha value is -3.03. The molecule has 0 saturated carbocycles. The molecule has 130 valence electrons. The van der Waals surface area contributed by atoms with Gasteiger partial charge >= 0.3 is 0 Å². The van der Waals surface area contributed by atoms with Crippen LogP contribution in [-0.2, 0) is 11.5 Å². The second kappa shape index (κ2) is 6.70. The van der Waals surface area contributed by atoms with Crippen molar-refractivity contribution in [1.82, 2.24) is 18.7 Å². The van der Waals surface area contributed by atoms with Gasteiger partial charge in [0.15, 0.2) is 15.9 Å². The Morgan fingerprint density at radius 3 is 2.12 bits per heavy atom. The Kier molecular flexibility index (Phi) is 4.24. The zero-order valence-corrected chi connectivity index (χ0v) is 14.9. The molecule has 0 fully saturated rings. The van der Waals surface area contributed by atoms with Crippen molar-refractivity contribution in [2.45, 2.75) is 6.73 Å². The van der Waals surface area contributed by atoms with Crippen molar-refractivity contribution >= 4 is 23.4 Å². The Balaban J connectivity index is 2.17. The van der Waals surface area contributed by atoms with E-state index in [2.05, 4.69) is 4.98 Å². The lowest BCUT2D eigenvalue weighted by Crippen LogP contribution is -2.24. The van der Waals surface area contributed by atoms with E-state index in [1.54, 1.807) is 18.0 Å². The Morgan fingerprint density at radius 1 is 0.962 bits per heavy atom. The number of hydrogen-bond acceptors (Lipinski definition) is 4. The molecule has 0 spiro atoms. The minimum absolute atomic E-state index is 0.252. The fourth-order valence-electron chi connectivity index (χ4n) is 2.99. The number of benzene rings is 2. The summed E-state index contributed by atoms with van der Waals surface area (Å²) in [6.07, 6.45) is 1.60. The molecule has 0 aliphatic rings. The molecular weight excluding hydrogens is 348 g/mol. The van der Waals surface area contributed by atoms with E-state index in [4.69, 9.17) is 17.0 Å². The third-order valence-electron chi connectivity index (χ3n) is 4.11. The summed E-state index contributed by atoms with van der Waals surface area (Å²) in [6, 6.07) is 19.0. The van der Waals surface area contributed by atoms with Crippen LogP contribution in [0.2, 0.25) is 0 Å². The second-order valence-corrected chi connectivity index (χ2v) is 6.10. The summed E-state index contributed by atoms with van der Waals surface area (Å²) in [6.45, 7) is 0.271. The number of ether oxygens (including phenoxy) is 1. The fourth-order valence-corrected chi connectivity index (χ4v) is 3.37. The number of hydrogen-bond donors (Lipinski definition) is 0. The van der Waals surface area contributed by atoms with E-state index in [1.807, 2.05) is 65.2 Å². The molecule has 0 amide bonds. The zero-order valence-electron chi connectivity index (χ0n) is 14.1. The third-order valence-corrected chi connectivity index (χ3v) is 4.47. The van der Waals surface area contributed by atoms with Gasteiger partial charge in [-0.05, 0) is 36.5 Å². The molecule has 0 aliphatic carbocycles. The van der Waals surface area contributed by atoms with Crippen molar-refractivity contribution in [3.05, 3.63) is 82.1 Å². The lowest BCUT2D eigenvalue weighted by atomic mass is 10.3. The first-order chi connectivity index (χ1) is 12.7. The average molecular weight is 364 g/mol. The Morgan fingerprint density at radius 2 is 1.54 bits per heavy atom. The first kappa shape index (κ1) is 16.4. The van der Waals surface area contributed by atoms with Gasteiger partial charge in [-0.3, -0.25) is 18.5 Å². The first-order valence-electron chi connectivity index (χ1n) is 8.05. The summed E-state index contributed by atoms with van der Waals surface area (Å²) in [5, 5.41) is 0. The molecule has 0 bridgehead atoms. The molecule has 0 radical (unpaired) electrons. The van der Waals surface area contributed by atoms with Crippen LogP contribution in [0.1, 0.15) is 0 Å². The SMILES string of the molecule is COCn1cnc2c(=O)n(-c3ccccc3)c(=S)n(-c3ccccc3)c21. The summed E-state index contributed by atoms with van der Waals surface area (Å²) in [5.41, 5.74) is 2.25. The molecule has 6 nitrogen and oxygen atoms in total. The lowest BCUT2D eigenvalue weighted by molar-refractivity contribution is 0.133. The highest BCUT2D eigenvalue weighted by atomic mass is 32.1. The van der Waals surface area contributed by atoms with E-state index in [0.29, 0.717) is 21.6 Å². The van der Waals surface area contributed by atoms with Gasteiger partial charge in [0, 0.05) is 12.8 Å². The Labute approximate surface area is 154 Å². The minimum Gasteiger partial charge on any atom is -0.364 e. The van der Waals surface area contributed by atoms with Crippen LogP contribution in [-0.4, -0.2) is 25.8 Å². The van der Waals surface area contributed by atoms with E-state index < -0.39 is 0 Å². The predicted molar refractivity (Wildman–Crippen MR) is 103 cm³/mol. The van der Waals surface area contributed by atoms with Gasteiger partial charge in [0.05, 0.1) is 12.0 Å². The highest BCUT2D eigenvalue weighted by molar-refractivity contribution is 7.71. The van der Waals surface area contributed by atoms with Gasteiger partial charge < -0.3 is 4.74 Å². The number of nitrogens with zero attached hydrogens (tertiary/aromatic N) is 4. The van der Waals surface area contributed by atoms with Crippen molar-refractivity contribution in [1.29, 1.82) is 0 Å². The predicted octanol–water partition coefficient (Wildman–Crippen LogP) is 3.31. The van der Waals surface area contributed by atoms with Crippen LogP contribution in [0.5, 0.6) is 0 Å². The number of methoxy groups -OCH3 is 1. The van der Waals surface area contributed by atoms with Gasteiger partial charge in [-0.15, -0.1) is 0 Å². The van der Waals surface area contributed by atoms with Gasteiger partial charge in [0.1, 0.15) is 6.73 Å². The van der Waals surface area contributed by atoms with Crippen molar-refractivity contribution in [2.75, 3.05) is 7.11 Å².